The van der Waals surface area contributed by atoms with Crippen molar-refractivity contribution in [1.29, 1.82) is 0 Å². The topological polar surface area (TPSA) is 15.3 Å². The molecule has 0 amide bonds. The summed E-state index contributed by atoms with van der Waals surface area (Å²) in [6, 6.07) is 0.703. The maximum Gasteiger partial charge on any atom is 0.0107 e. The van der Waals surface area contributed by atoms with Crippen molar-refractivity contribution in [3.05, 3.63) is 12.7 Å². The van der Waals surface area contributed by atoms with Crippen LogP contribution in [0.1, 0.15) is 46.0 Å². The molecule has 2 heteroatoms. The van der Waals surface area contributed by atoms with Gasteiger partial charge in [-0.1, -0.05) is 19.4 Å². The lowest BCUT2D eigenvalue weighted by Gasteiger charge is -2.23. The zero-order valence-electron chi connectivity index (χ0n) is 11.5. The van der Waals surface area contributed by atoms with Crippen LogP contribution in [-0.2, 0) is 0 Å². The van der Waals surface area contributed by atoms with Gasteiger partial charge in [0, 0.05) is 19.1 Å². The van der Waals surface area contributed by atoms with Crippen LogP contribution in [0.4, 0.5) is 0 Å². The maximum atomic E-state index is 3.73. The van der Waals surface area contributed by atoms with Crippen molar-refractivity contribution in [3.8, 4) is 0 Å². The molecule has 2 nitrogen and oxygen atoms in total. The highest BCUT2D eigenvalue weighted by Crippen LogP contribution is 1.99. The number of allylic oxidation sites excluding steroid dienone is 1. The molecular weight excluding hydrogens is 196 g/mol. The molecule has 0 aromatic heterocycles. The highest BCUT2D eigenvalue weighted by molar-refractivity contribution is 4.66. The normalized spacial score (nSPS) is 13.0. The monoisotopic (exact) mass is 226 g/mol. The van der Waals surface area contributed by atoms with Crippen LogP contribution in [0.5, 0.6) is 0 Å². The van der Waals surface area contributed by atoms with Crippen molar-refractivity contribution >= 4 is 0 Å². The van der Waals surface area contributed by atoms with Crippen LogP contribution in [-0.4, -0.2) is 37.6 Å². The predicted molar refractivity (Wildman–Crippen MR) is 73.9 cm³/mol. The first kappa shape index (κ1) is 15.7. The molecule has 0 bridgehead atoms. The van der Waals surface area contributed by atoms with Gasteiger partial charge in [0.15, 0.2) is 0 Å². The summed E-state index contributed by atoms with van der Waals surface area (Å²) in [5.41, 5.74) is 0. The SMILES string of the molecule is C=CCCCCCNCCN(C)C(C)CC. The van der Waals surface area contributed by atoms with E-state index in [9.17, 15) is 0 Å². The summed E-state index contributed by atoms with van der Waals surface area (Å²) >= 11 is 0. The van der Waals surface area contributed by atoms with Crippen molar-refractivity contribution in [2.45, 2.75) is 52.0 Å². The molecule has 0 heterocycles. The van der Waals surface area contributed by atoms with E-state index >= 15 is 0 Å². The molecule has 1 atom stereocenters. The van der Waals surface area contributed by atoms with E-state index in [1.807, 2.05) is 6.08 Å². The Morgan fingerprint density at radius 2 is 2.00 bits per heavy atom. The fraction of sp³-hybridized carbons (Fsp3) is 0.857. The average molecular weight is 226 g/mol. The Balaban J connectivity index is 3.17. The van der Waals surface area contributed by atoms with E-state index in [1.165, 1.54) is 25.7 Å². The number of hydrogen-bond acceptors (Lipinski definition) is 2. The first-order valence-corrected chi connectivity index (χ1v) is 6.74. The number of hydrogen-bond donors (Lipinski definition) is 1. The largest absolute Gasteiger partial charge is 0.315 e. The third-order valence-electron chi connectivity index (χ3n) is 3.25. The molecule has 16 heavy (non-hydrogen) atoms. The highest BCUT2D eigenvalue weighted by Gasteiger charge is 2.04. The van der Waals surface area contributed by atoms with E-state index in [0.717, 1.165) is 26.1 Å². The van der Waals surface area contributed by atoms with Gasteiger partial charge in [-0.15, -0.1) is 6.58 Å². The summed E-state index contributed by atoms with van der Waals surface area (Å²) in [7, 11) is 2.21. The van der Waals surface area contributed by atoms with Crippen LogP contribution in [0.15, 0.2) is 12.7 Å². The van der Waals surface area contributed by atoms with Crippen molar-refractivity contribution in [1.82, 2.24) is 10.2 Å². The van der Waals surface area contributed by atoms with Crippen molar-refractivity contribution in [2.75, 3.05) is 26.7 Å². The molecule has 0 radical (unpaired) electrons. The number of nitrogens with zero attached hydrogens (tertiary/aromatic N) is 1. The smallest absolute Gasteiger partial charge is 0.0107 e. The Kier molecular flexibility index (Phi) is 10.9. The molecule has 0 aromatic rings. The zero-order valence-corrected chi connectivity index (χ0v) is 11.5. The number of unbranched alkanes of at least 4 members (excludes halogenated alkanes) is 3. The molecule has 0 fully saturated rings. The quantitative estimate of drug-likeness (QED) is 0.430. The third-order valence-corrected chi connectivity index (χ3v) is 3.25. The zero-order chi connectivity index (χ0) is 12.2. The summed E-state index contributed by atoms with van der Waals surface area (Å²) in [4.78, 5) is 2.42. The summed E-state index contributed by atoms with van der Waals surface area (Å²) in [6.07, 6.45) is 8.31. The molecule has 0 aliphatic carbocycles. The second-order valence-corrected chi connectivity index (χ2v) is 4.63. The van der Waals surface area contributed by atoms with Crippen molar-refractivity contribution in [2.24, 2.45) is 0 Å². The summed E-state index contributed by atoms with van der Waals surface area (Å²) in [6.45, 7) is 11.7. The van der Waals surface area contributed by atoms with Crippen LogP contribution in [0.25, 0.3) is 0 Å². The lowest BCUT2D eigenvalue weighted by Crippen LogP contribution is -2.35. The lowest BCUT2D eigenvalue weighted by atomic mass is 10.2. The Bertz CT molecular complexity index is 157. The molecule has 0 rings (SSSR count). The van der Waals surface area contributed by atoms with Crippen LogP contribution in [0.2, 0.25) is 0 Å². The molecule has 0 aliphatic heterocycles. The van der Waals surface area contributed by atoms with Gasteiger partial charge in [-0.3, -0.25) is 0 Å². The van der Waals surface area contributed by atoms with Gasteiger partial charge >= 0.3 is 0 Å². The first-order chi connectivity index (χ1) is 7.72. The van der Waals surface area contributed by atoms with E-state index in [-0.39, 0.29) is 0 Å². The van der Waals surface area contributed by atoms with E-state index in [0.29, 0.717) is 6.04 Å². The minimum absolute atomic E-state index is 0.703. The number of rotatable bonds is 11. The number of nitrogens with one attached hydrogen (secondary N) is 1. The molecule has 96 valence electrons. The van der Waals surface area contributed by atoms with Crippen LogP contribution < -0.4 is 5.32 Å². The molecule has 0 saturated carbocycles. The second-order valence-electron chi connectivity index (χ2n) is 4.63. The number of likely N-dealkylation sites (N-methyl/N-ethyl adjacent to an activating group) is 1. The standard InChI is InChI=1S/C14H30N2/c1-5-7-8-9-10-11-15-12-13-16(4)14(3)6-2/h5,14-15H,1,6-13H2,2-4H3. The van der Waals surface area contributed by atoms with Crippen LogP contribution in [0.3, 0.4) is 0 Å². The van der Waals surface area contributed by atoms with Gasteiger partial charge in [0.1, 0.15) is 0 Å². The molecule has 0 aliphatic rings. The summed E-state index contributed by atoms with van der Waals surface area (Å²) in [5.74, 6) is 0. The minimum Gasteiger partial charge on any atom is -0.315 e. The Hall–Kier alpha value is -0.340. The van der Waals surface area contributed by atoms with Crippen molar-refractivity contribution in [3.63, 3.8) is 0 Å². The van der Waals surface area contributed by atoms with Gasteiger partial charge < -0.3 is 10.2 Å². The van der Waals surface area contributed by atoms with Gasteiger partial charge in [0.25, 0.3) is 0 Å². The minimum atomic E-state index is 0.703. The highest BCUT2D eigenvalue weighted by atomic mass is 15.1. The molecular formula is C14H30N2. The molecule has 1 N–H and O–H groups in total. The molecule has 0 spiro atoms. The summed E-state index contributed by atoms with van der Waals surface area (Å²) in [5, 5.41) is 3.50. The van der Waals surface area contributed by atoms with Crippen LogP contribution in [0, 0.1) is 0 Å². The molecule has 0 saturated heterocycles. The van der Waals surface area contributed by atoms with Gasteiger partial charge in [0.05, 0.1) is 0 Å². The van der Waals surface area contributed by atoms with Gasteiger partial charge in [-0.2, -0.15) is 0 Å². The lowest BCUT2D eigenvalue weighted by molar-refractivity contribution is 0.252. The fourth-order valence-electron chi connectivity index (χ4n) is 1.63. The summed E-state index contributed by atoms with van der Waals surface area (Å²) < 4.78 is 0. The van der Waals surface area contributed by atoms with E-state index in [1.54, 1.807) is 0 Å². The van der Waals surface area contributed by atoms with Crippen molar-refractivity contribution < 1.29 is 0 Å². The maximum absolute atomic E-state index is 3.73. The second kappa shape index (κ2) is 11.2. The average Bonchev–Trinajstić information content (AvgIpc) is 2.31. The van der Waals surface area contributed by atoms with Crippen LogP contribution >= 0.6 is 0 Å². The van der Waals surface area contributed by atoms with E-state index in [2.05, 4.69) is 37.7 Å². The van der Waals surface area contributed by atoms with E-state index in [4.69, 9.17) is 0 Å². The predicted octanol–water partition coefficient (Wildman–Crippen LogP) is 3.05. The Morgan fingerprint density at radius 1 is 1.25 bits per heavy atom. The molecule has 0 aromatic carbocycles. The Labute approximate surface area is 102 Å². The van der Waals surface area contributed by atoms with E-state index < -0.39 is 0 Å². The van der Waals surface area contributed by atoms with Gasteiger partial charge in [-0.25, -0.2) is 0 Å². The Morgan fingerprint density at radius 3 is 2.62 bits per heavy atom. The van der Waals surface area contributed by atoms with Gasteiger partial charge in [-0.05, 0) is 46.2 Å². The molecule has 1 unspecified atom stereocenters. The fourth-order valence-corrected chi connectivity index (χ4v) is 1.63. The van der Waals surface area contributed by atoms with Gasteiger partial charge in [0.2, 0.25) is 0 Å². The third kappa shape index (κ3) is 8.93. The first-order valence-electron chi connectivity index (χ1n) is 6.74.